The molecule has 0 bridgehead atoms. The fourth-order valence-electron chi connectivity index (χ4n) is 0.918. The molecular weight excluding hydrogens is 200 g/mol. The molecule has 0 aliphatic rings. The first kappa shape index (κ1) is 10.4. The zero-order valence-electron chi connectivity index (χ0n) is 7.58. The number of nitriles is 1. The lowest BCUT2D eigenvalue weighted by molar-refractivity contribution is 1.21. The van der Waals surface area contributed by atoms with Gasteiger partial charge in [-0.25, -0.2) is 4.99 Å². The van der Waals surface area contributed by atoms with E-state index in [1.165, 1.54) is 0 Å². The van der Waals surface area contributed by atoms with Crippen molar-refractivity contribution >= 4 is 23.2 Å². The number of rotatable bonds is 1. The second-order valence-corrected chi connectivity index (χ2v) is 3.10. The van der Waals surface area contributed by atoms with Crippen molar-refractivity contribution in [1.82, 2.24) is 5.32 Å². The van der Waals surface area contributed by atoms with Gasteiger partial charge in [-0.05, 0) is 24.6 Å². The molecule has 0 saturated heterocycles. The topological polar surface area (TPSA) is 74.2 Å². The number of aryl methyl sites for hydroxylation is 1. The zero-order valence-corrected chi connectivity index (χ0v) is 8.34. The highest BCUT2D eigenvalue weighted by Gasteiger charge is 1.99. The van der Waals surface area contributed by atoms with Crippen molar-refractivity contribution in [2.45, 2.75) is 6.92 Å². The summed E-state index contributed by atoms with van der Waals surface area (Å²) in [7, 11) is 0. The Morgan fingerprint density at radius 2 is 2.36 bits per heavy atom. The van der Waals surface area contributed by atoms with Crippen LogP contribution in [0.15, 0.2) is 23.2 Å². The number of nitrogens with two attached hydrogens (primary N) is 1. The van der Waals surface area contributed by atoms with Crippen molar-refractivity contribution in [3.05, 3.63) is 28.8 Å². The minimum atomic E-state index is 0.0262. The fraction of sp³-hybridized carbons (Fsp3) is 0.111. The Bertz CT molecular complexity index is 406. The first-order valence-electron chi connectivity index (χ1n) is 3.89. The fourth-order valence-corrected chi connectivity index (χ4v) is 1.19. The van der Waals surface area contributed by atoms with Crippen LogP contribution in [0.5, 0.6) is 0 Å². The van der Waals surface area contributed by atoms with Crippen LogP contribution >= 0.6 is 11.6 Å². The molecule has 1 aromatic rings. The number of nitrogens with one attached hydrogen (secondary N) is 1. The highest BCUT2D eigenvalue weighted by Crippen LogP contribution is 2.25. The summed E-state index contributed by atoms with van der Waals surface area (Å²) in [5.41, 5.74) is 6.96. The molecule has 5 heteroatoms. The molecule has 0 spiro atoms. The van der Waals surface area contributed by atoms with E-state index < -0.39 is 0 Å². The van der Waals surface area contributed by atoms with E-state index in [1.807, 2.05) is 13.0 Å². The lowest BCUT2D eigenvalue weighted by atomic mass is 10.2. The second kappa shape index (κ2) is 4.49. The monoisotopic (exact) mass is 208 g/mol. The summed E-state index contributed by atoms with van der Waals surface area (Å²) in [5.74, 6) is 0.0262. The Morgan fingerprint density at radius 1 is 1.64 bits per heavy atom. The van der Waals surface area contributed by atoms with Gasteiger partial charge in [-0.15, -0.1) is 0 Å². The number of hydrogen-bond donors (Lipinski definition) is 2. The third-order valence-corrected chi connectivity index (χ3v) is 1.83. The third-order valence-electron chi connectivity index (χ3n) is 1.53. The van der Waals surface area contributed by atoms with Gasteiger partial charge in [0.05, 0.1) is 10.7 Å². The van der Waals surface area contributed by atoms with Crippen molar-refractivity contribution in [1.29, 1.82) is 5.26 Å². The summed E-state index contributed by atoms with van der Waals surface area (Å²) in [6.45, 7) is 1.93. The van der Waals surface area contributed by atoms with E-state index in [2.05, 4.69) is 10.3 Å². The average molecular weight is 209 g/mol. The maximum absolute atomic E-state index is 8.27. The van der Waals surface area contributed by atoms with E-state index >= 15 is 0 Å². The van der Waals surface area contributed by atoms with Crippen LogP contribution in [0.2, 0.25) is 5.02 Å². The van der Waals surface area contributed by atoms with Gasteiger partial charge in [-0.1, -0.05) is 17.7 Å². The van der Waals surface area contributed by atoms with Gasteiger partial charge in [0.15, 0.2) is 6.19 Å². The van der Waals surface area contributed by atoms with E-state index in [4.69, 9.17) is 22.6 Å². The second-order valence-electron chi connectivity index (χ2n) is 2.69. The van der Waals surface area contributed by atoms with E-state index in [0.29, 0.717) is 10.7 Å². The number of guanidine groups is 1. The molecule has 0 aliphatic carbocycles. The Hall–Kier alpha value is -1.73. The van der Waals surface area contributed by atoms with Gasteiger partial charge in [0.25, 0.3) is 0 Å². The summed E-state index contributed by atoms with van der Waals surface area (Å²) < 4.78 is 0. The molecule has 3 N–H and O–H groups in total. The first-order chi connectivity index (χ1) is 6.63. The highest BCUT2D eigenvalue weighted by atomic mass is 35.5. The molecule has 72 valence electrons. The summed E-state index contributed by atoms with van der Waals surface area (Å²) in [6, 6.07) is 5.38. The maximum Gasteiger partial charge on any atom is 0.207 e. The Morgan fingerprint density at radius 3 is 2.93 bits per heavy atom. The predicted molar refractivity (Wildman–Crippen MR) is 56.2 cm³/mol. The normalized spacial score (nSPS) is 10.8. The first-order valence-corrected chi connectivity index (χ1v) is 4.26. The molecule has 0 atom stereocenters. The van der Waals surface area contributed by atoms with Gasteiger partial charge in [0.2, 0.25) is 5.96 Å². The molecule has 4 nitrogen and oxygen atoms in total. The van der Waals surface area contributed by atoms with Gasteiger partial charge in [0.1, 0.15) is 0 Å². The third kappa shape index (κ3) is 2.64. The molecule has 0 radical (unpaired) electrons. The molecule has 1 rings (SSSR count). The number of halogens is 1. The molecule has 1 aromatic carbocycles. The van der Waals surface area contributed by atoms with Gasteiger partial charge in [0, 0.05) is 0 Å². The maximum atomic E-state index is 8.27. The molecule has 14 heavy (non-hydrogen) atoms. The molecule has 0 aliphatic heterocycles. The van der Waals surface area contributed by atoms with Gasteiger partial charge in [-0.3, -0.25) is 5.32 Å². The standard InChI is InChI=1S/C9H9ClN4/c1-6-2-3-8(7(10)4-6)14-9(12)13-5-11/h2-4H,1H3,(H3,12,13,14). The molecule has 0 saturated carbocycles. The van der Waals surface area contributed by atoms with Crippen molar-refractivity contribution in [3.8, 4) is 6.19 Å². The van der Waals surface area contributed by atoms with E-state index in [1.54, 1.807) is 18.3 Å². The van der Waals surface area contributed by atoms with Crippen molar-refractivity contribution < 1.29 is 0 Å². The van der Waals surface area contributed by atoms with Crippen LogP contribution in [0, 0.1) is 18.4 Å². The molecule has 0 amide bonds. The smallest absolute Gasteiger partial charge is 0.207 e. The molecule has 0 heterocycles. The molecular formula is C9H9ClN4. The summed E-state index contributed by atoms with van der Waals surface area (Å²) in [4.78, 5) is 3.92. The number of nitrogens with zero attached hydrogens (tertiary/aromatic N) is 2. The number of hydrogen-bond acceptors (Lipinski definition) is 2. The average Bonchev–Trinajstić information content (AvgIpc) is 2.10. The lowest BCUT2D eigenvalue weighted by Crippen LogP contribution is -2.26. The minimum Gasteiger partial charge on any atom is -0.369 e. The quantitative estimate of drug-likeness (QED) is 0.319. The van der Waals surface area contributed by atoms with E-state index in [9.17, 15) is 0 Å². The Labute approximate surface area is 87.0 Å². The molecule has 0 aromatic heterocycles. The Kier molecular flexibility index (Phi) is 3.32. The number of aliphatic imine (C=N–C) groups is 1. The van der Waals surface area contributed by atoms with Crippen LogP contribution in [0.25, 0.3) is 0 Å². The van der Waals surface area contributed by atoms with Crippen LogP contribution < -0.4 is 11.1 Å². The van der Waals surface area contributed by atoms with Gasteiger partial charge >= 0.3 is 0 Å². The van der Waals surface area contributed by atoms with Crippen molar-refractivity contribution in [2.24, 2.45) is 10.7 Å². The van der Waals surface area contributed by atoms with Gasteiger partial charge in [-0.2, -0.15) is 5.26 Å². The zero-order chi connectivity index (χ0) is 10.6. The number of benzene rings is 1. The van der Waals surface area contributed by atoms with Crippen LogP contribution in [0.4, 0.5) is 5.69 Å². The predicted octanol–water partition coefficient (Wildman–Crippen LogP) is 1.67. The molecule has 0 fully saturated rings. The van der Waals surface area contributed by atoms with E-state index in [-0.39, 0.29) is 5.96 Å². The van der Waals surface area contributed by atoms with Crippen molar-refractivity contribution in [3.63, 3.8) is 0 Å². The minimum absolute atomic E-state index is 0.0262. The largest absolute Gasteiger partial charge is 0.369 e. The van der Waals surface area contributed by atoms with Crippen LogP contribution in [0.3, 0.4) is 0 Å². The Balaban J connectivity index is 2.98. The summed E-state index contributed by atoms with van der Waals surface area (Å²) in [5, 5.41) is 11.0. The molecule has 0 unspecified atom stereocenters. The highest BCUT2D eigenvalue weighted by molar-refractivity contribution is 6.33. The van der Waals surface area contributed by atoms with E-state index in [0.717, 1.165) is 5.56 Å². The SMILES string of the molecule is Cc1ccc(N=C(N)NC#N)c(Cl)c1. The summed E-state index contributed by atoms with van der Waals surface area (Å²) >= 11 is 5.90. The van der Waals surface area contributed by atoms with Gasteiger partial charge < -0.3 is 5.73 Å². The lowest BCUT2D eigenvalue weighted by Gasteiger charge is -2.00. The van der Waals surface area contributed by atoms with Crippen molar-refractivity contribution in [2.75, 3.05) is 0 Å². The summed E-state index contributed by atoms with van der Waals surface area (Å²) in [6.07, 6.45) is 1.67. The van der Waals surface area contributed by atoms with Crippen LogP contribution in [-0.4, -0.2) is 5.96 Å². The van der Waals surface area contributed by atoms with Crippen LogP contribution in [-0.2, 0) is 0 Å². The van der Waals surface area contributed by atoms with Crippen LogP contribution in [0.1, 0.15) is 5.56 Å².